The summed E-state index contributed by atoms with van der Waals surface area (Å²) in [5.74, 6) is 0.138. The minimum Gasteiger partial charge on any atom is -0.294 e. The molecule has 0 spiro atoms. The highest BCUT2D eigenvalue weighted by Crippen LogP contribution is 2.15. The number of rotatable bonds is 4. The summed E-state index contributed by atoms with van der Waals surface area (Å²) in [6, 6.07) is 9.31. The van der Waals surface area contributed by atoms with E-state index in [-0.39, 0.29) is 5.78 Å². The number of carbonyl (C=O) groups is 1. The molecule has 0 saturated heterocycles. The molecule has 1 heterocycles. The first-order valence-electron chi connectivity index (χ1n) is 5.31. The molecule has 88 valence electrons. The molecule has 0 atom stereocenters. The number of Topliss-reactive ketones (excluding diaryl/α,β-unsaturated/α-hetero) is 1. The quantitative estimate of drug-likeness (QED) is 0.813. The van der Waals surface area contributed by atoms with E-state index >= 15 is 0 Å². The highest BCUT2D eigenvalue weighted by Gasteiger charge is 2.11. The van der Waals surface area contributed by atoms with Gasteiger partial charge < -0.3 is 0 Å². The van der Waals surface area contributed by atoms with Gasteiger partial charge in [-0.2, -0.15) is 0 Å². The first-order valence-corrected chi connectivity index (χ1v) is 6.10. The normalized spacial score (nSPS) is 10.5. The fourth-order valence-corrected chi connectivity index (χ4v) is 2.14. The fourth-order valence-electron chi connectivity index (χ4n) is 1.62. The van der Waals surface area contributed by atoms with Gasteiger partial charge in [-0.3, -0.25) is 9.48 Å². The standard InChI is InChI=1S/C12H12BrN3O/c1-16-10(12(13)14-15-16)7-8-11(17)9-5-3-2-4-6-9/h2-6H,7-8H2,1H3. The number of ketones is 1. The van der Waals surface area contributed by atoms with Crippen molar-refractivity contribution in [2.24, 2.45) is 7.05 Å². The number of benzene rings is 1. The molecule has 2 rings (SSSR count). The molecule has 0 unspecified atom stereocenters. The maximum Gasteiger partial charge on any atom is 0.163 e. The number of aryl methyl sites for hydroxylation is 1. The number of halogens is 1. The summed E-state index contributed by atoms with van der Waals surface area (Å²) < 4.78 is 2.39. The third-order valence-corrected chi connectivity index (χ3v) is 3.20. The van der Waals surface area contributed by atoms with E-state index in [9.17, 15) is 4.79 Å². The van der Waals surface area contributed by atoms with Crippen LogP contribution in [0.3, 0.4) is 0 Å². The summed E-state index contributed by atoms with van der Waals surface area (Å²) in [5.41, 5.74) is 1.69. The van der Waals surface area contributed by atoms with Crippen molar-refractivity contribution in [1.82, 2.24) is 15.0 Å². The molecular weight excluding hydrogens is 282 g/mol. The van der Waals surface area contributed by atoms with Gasteiger partial charge in [0.2, 0.25) is 0 Å². The van der Waals surface area contributed by atoms with E-state index in [2.05, 4.69) is 26.2 Å². The second kappa shape index (κ2) is 5.23. The van der Waals surface area contributed by atoms with E-state index in [4.69, 9.17) is 0 Å². The molecule has 0 N–H and O–H groups in total. The zero-order valence-corrected chi connectivity index (χ0v) is 11.0. The number of hydrogen-bond donors (Lipinski definition) is 0. The average Bonchev–Trinajstić information content (AvgIpc) is 2.67. The Balaban J connectivity index is 2.02. The molecule has 1 aromatic heterocycles. The molecule has 0 amide bonds. The van der Waals surface area contributed by atoms with Crippen molar-refractivity contribution < 1.29 is 4.79 Å². The predicted octanol–water partition coefficient (Wildman–Crippen LogP) is 2.39. The van der Waals surface area contributed by atoms with E-state index in [1.807, 2.05) is 37.4 Å². The smallest absolute Gasteiger partial charge is 0.163 e. The lowest BCUT2D eigenvalue weighted by Gasteiger charge is -2.02. The molecule has 5 heteroatoms. The summed E-state index contributed by atoms with van der Waals surface area (Å²) in [6.07, 6.45) is 1.10. The minimum atomic E-state index is 0.138. The summed E-state index contributed by atoms with van der Waals surface area (Å²) in [5, 5.41) is 7.76. The van der Waals surface area contributed by atoms with Gasteiger partial charge in [0.15, 0.2) is 10.4 Å². The lowest BCUT2D eigenvalue weighted by molar-refractivity contribution is 0.0982. The first-order chi connectivity index (χ1) is 8.18. The van der Waals surface area contributed by atoms with Crippen LogP contribution in [0.15, 0.2) is 34.9 Å². The zero-order chi connectivity index (χ0) is 12.3. The number of carbonyl (C=O) groups excluding carboxylic acids is 1. The lowest BCUT2D eigenvalue weighted by atomic mass is 10.1. The van der Waals surface area contributed by atoms with Crippen LogP contribution in [-0.2, 0) is 13.5 Å². The van der Waals surface area contributed by atoms with Crippen molar-refractivity contribution in [3.8, 4) is 0 Å². The van der Waals surface area contributed by atoms with Gasteiger partial charge in [-0.25, -0.2) is 0 Å². The van der Waals surface area contributed by atoms with Crippen molar-refractivity contribution >= 4 is 21.7 Å². The van der Waals surface area contributed by atoms with Crippen molar-refractivity contribution in [2.45, 2.75) is 12.8 Å². The maximum atomic E-state index is 11.9. The van der Waals surface area contributed by atoms with E-state index in [1.165, 1.54) is 0 Å². The Morgan fingerprint density at radius 2 is 2.06 bits per heavy atom. The molecule has 4 nitrogen and oxygen atoms in total. The molecule has 0 fully saturated rings. The van der Waals surface area contributed by atoms with Crippen LogP contribution in [0.2, 0.25) is 0 Å². The van der Waals surface area contributed by atoms with Gasteiger partial charge in [-0.1, -0.05) is 35.5 Å². The van der Waals surface area contributed by atoms with Crippen LogP contribution in [0.25, 0.3) is 0 Å². The Labute approximate surface area is 108 Å². The molecule has 0 aliphatic heterocycles. The highest BCUT2D eigenvalue weighted by molar-refractivity contribution is 9.10. The number of nitrogens with zero attached hydrogens (tertiary/aromatic N) is 3. The van der Waals surface area contributed by atoms with Gasteiger partial charge in [0.25, 0.3) is 0 Å². The topological polar surface area (TPSA) is 47.8 Å². The van der Waals surface area contributed by atoms with Crippen LogP contribution < -0.4 is 0 Å². The van der Waals surface area contributed by atoms with Crippen LogP contribution in [-0.4, -0.2) is 20.8 Å². The Morgan fingerprint density at radius 1 is 1.35 bits per heavy atom. The Kier molecular flexibility index (Phi) is 3.68. The maximum absolute atomic E-state index is 11.9. The van der Waals surface area contributed by atoms with E-state index in [0.29, 0.717) is 17.4 Å². The second-order valence-electron chi connectivity index (χ2n) is 3.74. The third-order valence-electron chi connectivity index (χ3n) is 2.58. The molecule has 0 bridgehead atoms. The second-order valence-corrected chi connectivity index (χ2v) is 4.49. The van der Waals surface area contributed by atoms with Gasteiger partial charge in [-0.05, 0) is 22.4 Å². The molecule has 0 aliphatic rings. The van der Waals surface area contributed by atoms with Crippen molar-refractivity contribution in [3.05, 3.63) is 46.2 Å². The van der Waals surface area contributed by atoms with Crippen LogP contribution in [0.4, 0.5) is 0 Å². The Bertz CT molecular complexity index is 502. The first kappa shape index (κ1) is 12.0. The average molecular weight is 294 g/mol. The summed E-state index contributed by atoms with van der Waals surface area (Å²) in [4.78, 5) is 11.9. The molecule has 2 aromatic rings. The lowest BCUT2D eigenvalue weighted by Crippen LogP contribution is -2.05. The summed E-state index contributed by atoms with van der Waals surface area (Å²) >= 11 is 3.32. The SMILES string of the molecule is Cn1nnc(Br)c1CCC(=O)c1ccccc1. The van der Waals surface area contributed by atoms with Gasteiger partial charge in [-0.15, -0.1) is 5.10 Å². The molecule has 0 saturated carbocycles. The van der Waals surface area contributed by atoms with Crippen LogP contribution >= 0.6 is 15.9 Å². The van der Waals surface area contributed by atoms with Crippen LogP contribution in [0.5, 0.6) is 0 Å². The van der Waals surface area contributed by atoms with Gasteiger partial charge in [0.05, 0.1) is 5.69 Å². The van der Waals surface area contributed by atoms with E-state index < -0.39 is 0 Å². The largest absolute Gasteiger partial charge is 0.294 e. The molecular formula is C12H12BrN3O. The van der Waals surface area contributed by atoms with Crippen molar-refractivity contribution in [1.29, 1.82) is 0 Å². The molecule has 1 aromatic carbocycles. The Morgan fingerprint density at radius 3 is 2.65 bits per heavy atom. The van der Waals surface area contributed by atoms with Crippen LogP contribution in [0, 0.1) is 0 Å². The molecule has 17 heavy (non-hydrogen) atoms. The van der Waals surface area contributed by atoms with E-state index in [0.717, 1.165) is 11.3 Å². The minimum absolute atomic E-state index is 0.138. The van der Waals surface area contributed by atoms with Crippen molar-refractivity contribution in [3.63, 3.8) is 0 Å². The highest BCUT2D eigenvalue weighted by atomic mass is 79.9. The van der Waals surface area contributed by atoms with Crippen molar-refractivity contribution in [2.75, 3.05) is 0 Å². The Hall–Kier alpha value is -1.49. The summed E-state index contributed by atoms with van der Waals surface area (Å²) in [6.45, 7) is 0. The molecule has 0 aliphatic carbocycles. The van der Waals surface area contributed by atoms with Gasteiger partial charge in [0, 0.05) is 19.0 Å². The zero-order valence-electron chi connectivity index (χ0n) is 9.43. The third kappa shape index (κ3) is 2.79. The monoisotopic (exact) mass is 293 g/mol. The number of hydrogen-bond acceptors (Lipinski definition) is 3. The molecule has 0 radical (unpaired) electrons. The van der Waals surface area contributed by atoms with Crippen LogP contribution in [0.1, 0.15) is 22.5 Å². The van der Waals surface area contributed by atoms with Gasteiger partial charge in [0.1, 0.15) is 0 Å². The van der Waals surface area contributed by atoms with E-state index in [1.54, 1.807) is 4.68 Å². The fraction of sp³-hybridized carbons (Fsp3) is 0.250. The van der Waals surface area contributed by atoms with Gasteiger partial charge >= 0.3 is 0 Å². The number of aromatic nitrogens is 3. The summed E-state index contributed by atoms with van der Waals surface area (Å²) in [7, 11) is 1.82. The predicted molar refractivity (Wildman–Crippen MR) is 67.8 cm³/mol.